The number of hydrogen-bond acceptors (Lipinski definition) is 9. The summed E-state index contributed by atoms with van der Waals surface area (Å²) >= 11 is 0. The standard InChI is InChI=1S/C23H33FN2O3.C18H25FN2O.C4F6O2/c1-23(2,3)29-22(28)26-14-10-19(11-15-26)21(16-27)25-12-8-18(9-13-25)17-4-6-20(24)7-5-17;19-17-3-1-14(2-4-17)15-7-11-21(12-8-15)18(13-22)16-5-9-20-10-6-16;5-3(6,7)1(11)2(12)4(8,9)10/h4-8,19,21,27H,9-16H2,1-3H3;1-4,7,16,18,20,22H,5-6,8-13H2;. The van der Waals surface area contributed by atoms with Gasteiger partial charge in [-0.25, -0.2) is 13.6 Å². The first-order valence-corrected chi connectivity index (χ1v) is 21.1. The molecule has 4 aliphatic rings. The Bertz CT molecular complexity index is 1830. The minimum Gasteiger partial charge on any atom is -0.444 e. The normalized spacial score (nSPS) is 19.6. The average molecular weight is 903 g/mol. The molecule has 0 aliphatic carbocycles. The van der Waals surface area contributed by atoms with Gasteiger partial charge in [0.1, 0.15) is 17.2 Å². The lowest BCUT2D eigenvalue weighted by molar-refractivity contribution is -0.193. The summed E-state index contributed by atoms with van der Waals surface area (Å²) in [5.74, 6) is -6.27. The number of rotatable bonds is 9. The molecule has 6 rings (SSSR count). The Kier molecular flexibility index (Phi) is 18.9. The van der Waals surface area contributed by atoms with E-state index in [1.165, 1.54) is 35.4 Å². The van der Waals surface area contributed by atoms with E-state index in [9.17, 15) is 59.7 Å². The van der Waals surface area contributed by atoms with E-state index >= 15 is 0 Å². The summed E-state index contributed by atoms with van der Waals surface area (Å²) in [4.78, 5) is 38.0. The van der Waals surface area contributed by atoms with Crippen LogP contribution in [-0.2, 0) is 14.3 Å². The van der Waals surface area contributed by atoms with Crippen LogP contribution in [0.4, 0.5) is 39.9 Å². The summed E-state index contributed by atoms with van der Waals surface area (Å²) in [5, 5.41) is 23.3. The van der Waals surface area contributed by atoms with Crippen LogP contribution in [-0.4, -0.2) is 138 Å². The van der Waals surface area contributed by atoms with Crippen molar-refractivity contribution in [3.63, 3.8) is 0 Å². The smallest absolute Gasteiger partial charge is 0.444 e. The molecule has 2 saturated heterocycles. The molecule has 10 nitrogen and oxygen atoms in total. The summed E-state index contributed by atoms with van der Waals surface area (Å²) in [6.45, 7) is 13.0. The third-order valence-electron chi connectivity index (χ3n) is 11.6. The van der Waals surface area contributed by atoms with Crippen molar-refractivity contribution in [2.24, 2.45) is 11.8 Å². The van der Waals surface area contributed by atoms with Gasteiger partial charge in [-0.15, -0.1) is 0 Å². The molecular formula is C45H58F8N4O6. The lowest BCUT2D eigenvalue weighted by Gasteiger charge is -2.41. The molecule has 63 heavy (non-hydrogen) atoms. The fourth-order valence-corrected chi connectivity index (χ4v) is 8.23. The number of nitrogens with zero attached hydrogens (tertiary/aromatic N) is 3. The molecule has 350 valence electrons. The van der Waals surface area contributed by atoms with Gasteiger partial charge in [0.2, 0.25) is 0 Å². The number of halogens is 8. The predicted molar refractivity (Wildman–Crippen MR) is 221 cm³/mol. The van der Waals surface area contributed by atoms with Gasteiger partial charge >= 0.3 is 30.0 Å². The fourth-order valence-electron chi connectivity index (χ4n) is 8.23. The topological polar surface area (TPSA) is 123 Å². The van der Waals surface area contributed by atoms with Gasteiger partial charge < -0.3 is 25.2 Å². The van der Waals surface area contributed by atoms with E-state index in [1.807, 2.05) is 45.0 Å². The SMILES string of the molecule is CC(C)(C)OC(=O)N1CCC(C(CO)N2CC=C(c3ccc(F)cc3)CC2)CC1.O=C(C(=O)C(F)(F)F)C(F)(F)F.OCC(C1CCNCC1)N1CC=C(c2ccc(F)cc2)CC1. The second kappa shape index (κ2) is 23.1. The zero-order valence-electron chi connectivity index (χ0n) is 35.8. The lowest BCUT2D eigenvalue weighted by atomic mass is 9.87. The van der Waals surface area contributed by atoms with Gasteiger partial charge in [0.05, 0.1) is 13.2 Å². The molecule has 3 N–H and O–H groups in total. The lowest BCUT2D eigenvalue weighted by Crippen LogP contribution is -2.50. The molecule has 0 radical (unpaired) electrons. The zero-order valence-corrected chi connectivity index (χ0v) is 35.8. The number of amides is 1. The molecule has 0 spiro atoms. The van der Waals surface area contributed by atoms with Crippen LogP contribution in [0, 0.1) is 23.5 Å². The third kappa shape index (κ3) is 15.8. The highest BCUT2D eigenvalue weighted by atomic mass is 19.4. The number of aliphatic hydroxyl groups excluding tert-OH is 2. The summed E-state index contributed by atoms with van der Waals surface area (Å²) in [7, 11) is 0. The van der Waals surface area contributed by atoms with Gasteiger partial charge in [0.25, 0.3) is 0 Å². The highest BCUT2D eigenvalue weighted by Crippen LogP contribution is 2.31. The second-order valence-electron chi connectivity index (χ2n) is 17.0. The molecule has 18 heteroatoms. The van der Waals surface area contributed by atoms with Crippen LogP contribution >= 0.6 is 0 Å². The van der Waals surface area contributed by atoms with E-state index in [2.05, 4.69) is 27.3 Å². The Labute approximate surface area is 362 Å². The minimum absolute atomic E-state index is 0.0989. The largest absolute Gasteiger partial charge is 0.458 e. The van der Waals surface area contributed by atoms with Crippen molar-refractivity contribution in [3.05, 3.63) is 83.4 Å². The van der Waals surface area contributed by atoms with Gasteiger partial charge in [-0.1, -0.05) is 36.4 Å². The zero-order chi connectivity index (χ0) is 46.5. The number of ketones is 2. The molecule has 2 unspecified atom stereocenters. The van der Waals surface area contributed by atoms with E-state index < -0.39 is 29.5 Å². The monoisotopic (exact) mass is 902 g/mol. The molecule has 2 atom stereocenters. The first-order chi connectivity index (χ1) is 29.6. The van der Waals surface area contributed by atoms with E-state index in [0.29, 0.717) is 24.9 Å². The molecule has 4 heterocycles. The summed E-state index contributed by atoms with van der Waals surface area (Å²) in [6, 6.07) is 13.8. The van der Waals surface area contributed by atoms with E-state index in [0.717, 1.165) is 88.9 Å². The van der Waals surface area contributed by atoms with Crippen LogP contribution in [0.5, 0.6) is 0 Å². The number of carbonyl (C=O) groups is 3. The number of carbonyl (C=O) groups excluding carboxylic acids is 3. The number of benzene rings is 2. The number of hydrogen-bond donors (Lipinski definition) is 3. The number of nitrogens with one attached hydrogen (secondary N) is 1. The quantitative estimate of drug-likeness (QED) is 0.174. The number of aliphatic hydroxyl groups is 2. The van der Waals surface area contributed by atoms with Gasteiger partial charge in [-0.2, -0.15) is 26.3 Å². The van der Waals surface area contributed by atoms with Crippen LogP contribution in [0.15, 0.2) is 60.7 Å². The van der Waals surface area contributed by atoms with Crippen molar-refractivity contribution in [3.8, 4) is 0 Å². The number of alkyl halides is 6. The van der Waals surface area contributed by atoms with Crippen LogP contribution in [0.25, 0.3) is 11.1 Å². The van der Waals surface area contributed by atoms with Crippen molar-refractivity contribution in [1.82, 2.24) is 20.0 Å². The Morgan fingerprint density at radius 2 is 1.03 bits per heavy atom. The van der Waals surface area contributed by atoms with E-state index in [-0.39, 0.29) is 43.0 Å². The Hall–Kier alpha value is -4.23. The van der Waals surface area contributed by atoms with Gasteiger partial charge in [-0.3, -0.25) is 19.4 Å². The molecule has 2 fully saturated rings. The van der Waals surface area contributed by atoms with Gasteiger partial charge in [0, 0.05) is 51.4 Å². The van der Waals surface area contributed by atoms with Gasteiger partial charge in [0.15, 0.2) is 0 Å². The highest BCUT2D eigenvalue weighted by molar-refractivity contribution is 6.41. The molecule has 0 aromatic heterocycles. The maximum absolute atomic E-state index is 13.1. The number of ether oxygens (including phenoxy) is 1. The Morgan fingerprint density at radius 3 is 1.35 bits per heavy atom. The Balaban J connectivity index is 0.000000226. The molecule has 4 aliphatic heterocycles. The number of likely N-dealkylation sites (tertiary alicyclic amines) is 1. The molecule has 2 aromatic carbocycles. The fraction of sp³-hybridized carbons (Fsp3) is 0.578. The Morgan fingerprint density at radius 1 is 0.651 bits per heavy atom. The highest BCUT2D eigenvalue weighted by Gasteiger charge is 2.54. The first-order valence-electron chi connectivity index (χ1n) is 21.1. The number of piperidine rings is 2. The van der Waals surface area contributed by atoms with Crippen molar-refractivity contribution in [2.45, 2.75) is 89.3 Å². The second-order valence-corrected chi connectivity index (χ2v) is 17.0. The van der Waals surface area contributed by atoms with Gasteiger partial charge in [-0.05, 0) is 131 Å². The minimum atomic E-state index is -5.77. The maximum atomic E-state index is 13.1. The third-order valence-corrected chi connectivity index (χ3v) is 11.6. The molecule has 0 saturated carbocycles. The summed E-state index contributed by atoms with van der Waals surface area (Å²) in [5.41, 5.74) is 4.22. The molecule has 1 amide bonds. The number of Topliss-reactive ketones (excluding diaryl/α,β-unsaturated/α-hetero) is 2. The van der Waals surface area contributed by atoms with Crippen molar-refractivity contribution in [2.75, 3.05) is 65.6 Å². The summed E-state index contributed by atoms with van der Waals surface area (Å²) in [6.07, 6.45) is -1.47. The maximum Gasteiger partial charge on any atom is 0.458 e. The summed E-state index contributed by atoms with van der Waals surface area (Å²) < 4.78 is 98.6. The van der Waals surface area contributed by atoms with E-state index in [1.54, 1.807) is 4.90 Å². The van der Waals surface area contributed by atoms with Crippen LogP contribution < -0.4 is 5.32 Å². The van der Waals surface area contributed by atoms with Crippen LogP contribution in [0.3, 0.4) is 0 Å². The molecule has 2 aromatic rings. The van der Waals surface area contributed by atoms with Crippen molar-refractivity contribution >= 4 is 28.8 Å². The van der Waals surface area contributed by atoms with Crippen LogP contribution in [0.1, 0.15) is 70.4 Å². The molecular weight excluding hydrogens is 845 g/mol. The average Bonchev–Trinajstić information content (AvgIpc) is 3.25. The van der Waals surface area contributed by atoms with Crippen LogP contribution in [0.2, 0.25) is 0 Å². The first kappa shape index (κ1) is 51.4. The molecule has 0 bridgehead atoms. The van der Waals surface area contributed by atoms with Crippen molar-refractivity contribution < 1.29 is 64.5 Å². The predicted octanol–water partition coefficient (Wildman–Crippen LogP) is 7.45. The van der Waals surface area contributed by atoms with Crippen molar-refractivity contribution in [1.29, 1.82) is 0 Å². The van der Waals surface area contributed by atoms with E-state index in [4.69, 9.17) is 4.74 Å².